The number of hydrogen-bond acceptors (Lipinski definition) is 4. The van der Waals surface area contributed by atoms with Crippen LogP contribution in [0.3, 0.4) is 0 Å². The van der Waals surface area contributed by atoms with E-state index in [1.54, 1.807) is 0 Å². The van der Waals surface area contributed by atoms with Crippen molar-refractivity contribution >= 4 is 28.9 Å². The van der Waals surface area contributed by atoms with E-state index in [2.05, 4.69) is 4.98 Å². The molecular weight excluding hydrogens is 316 g/mol. The van der Waals surface area contributed by atoms with Crippen LogP contribution in [0.2, 0.25) is 5.02 Å². The van der Waals surface area contributed by atoms with Crippen LogP contribution in [-0.2, 0) is 0 Å². The maximum atomic E-state index is 14.7. The minimum absolute atomic E-state index is 0.0716. The van der Waals surface area contributed by atoms with Crippen LogP contribution in [0.1, 0.15) is 10.5 Å². The second kappa shape index (κ2) is 5.76. The number of nitrogens with two attached hydrogens (primary N) is 1. The minimum Gasteiger partial charge on any atom is -0.476 e. The number of aromatic nitrogens is 1. The lowest BCUT2D eigenvalue weighted by Gasteiger charge is -2.19. The summed E-state index contributed by atoms with van der Waals surface area (Å²) in [4.78, 5) is 16.2. The SMILES string of the molecule is CN(C)c1c(Cl)cc(F)c(-c2c(N)ccnc2C(=O)O)c1F. The van der Waals surface area contributed by atoms with Crippen LogP contribution >= 0.6 is 11.6 Å². The second-order valence-electron chi connectivity index (χ2n) is 4.70. The lowest BCUT2D eigenvalue weighted by atomic mass is 9.99. The summed E-state index contributed by atoms with van der Waals surface area (Å²) >= 11 is 5.85. The van der Waals surface area contributed by atoms with Crippen LogP contribution in [0.25, 0.3) is 11.1 Å². The molecule has 0 atom stereocenters. The highest BCUT2D eigenvalue weighted by Crippen LogP contribution is 2.40. The predicted octanol–water partition coefficient (Wildman–Crippen LogP) is 3.03. The molecule has 0 spiro atoms. The number of rotatable bonds is 3. The van der Waals surface area contributed by atoms with Crippen molar-refractivity contribution in [3.8, 4) is 11.1 Å². The van der Waals surface area contributed by atoms with Gasteiger partial charge in [-0.15, -0.1) is 0 Å². The summed E-state index contributed by atoms with van der Waals surface area (Å²) in [6, 6.07) is 2.18. The molecule has 2 aromatic rings. The Balaban J connectivity index is 2.91. The Morgan fingerprint density at radius 1 is 1.36 bits per heavy atom. The number of hydrogen-bond donors (Lipinski definition) is 2. The molecule has 0 radical (unpaired) electrons. The van der Waals surface area contributed by atoms with E-state index in [1.165, 1.54) is 25.1 Å². The number of carbonyl (C=O) groups is 1. The molecule has 0 fully saturated rings. The summed E-state index contributed by atoms with van der Waals surface area (Å²) in [6.07, 6.45) is 1.15. The van der Waals surface area contributed by atoms with Crippen molar-refractivity contribution < 1.29 is 18.7 Å². The number of pyridine rings is 1. The summed E-state index contributed by atoms with van der Waals surface area (Å²) in [7, 11) is 3.05. The van der Waals surface area contributed by atoms with Crippen LogP contribution in [0, 0.1) is 11.6 Å². The van der Waals surface area contributed by atoms with Crippen molar-refractivity contribution in [3.63, 3.8) is 0 Å². The Morgan fingerprint density at radius 2 is 2.00 bits per heavy atom. The average Bonchev–Trinajstić information content (AvgIpc) is 2.39. The lowest BCUT2D eigenvalue weighted by Crippen LogP contribution is -2.14. The van der Waals surface area contributed by atoms with Gasteiger partial charge in [0.1, 0.15) is 5.82 Å². The molecule has 0 unspecified atom stereocenters. The predicted molar refractivity (Wildman–Crippen MR) is 80.3 cm³/mol. The molecule has 0 saturated heterocycles. The first-order chi connectivity index (χ1) is 10.3. The molecule has 22 heavy (non-hydrogen) atoms. The third-order valence-corrected chi connectivity index (χ3v) is 3.32. The van der Waals surface area contributed by atoms with Gasteiger partial charge in [0.2, 0.25) is 0 Å². The molecule has 0 saturated carbocycles. The summed E-state index contributed by atoms with van der Waals surface area (Å²) in [5.74, 6) is -3.46. The molecule has 0 amide bonds. The van der Waals surface area contributed by atoms with Crippen LogP contribution in [0.15, 0.2) is 18.3 Å². The normalized spacial score (nSPS) is 10.6. The molecule has 1 aromatic carbocycles. The number of halogens is 3. The van der Waals surface area contributed by atoms with Crippen LogP contribution in [-0.4, -0.2) is 30.2 Å². The molecule has 5 nitrogen and oxygen atoms in total. The number of carboxylic acid groups (broad SMARTS) is 1. The Hall–Kier alpha value is -2.41. The van der Waals surface area contributed by atoms with Crippen molar-refractivity contribution in [3.05, 3.63) is 40.7 Å². The van der Waals surface area contributed by atoms with Gasteiger partial charge in [0.05, 0.1) is 16.3 Å². The zero-order chi connectivity index (χ0) is 16.6. The fourth-order valence-electron chi connectivity index (χ4n) is 2.12. The largest absolute Gasteiger partial charge is 0.476 e. The smallest absolute Gasteiger partial charge is 0.355 e. The number of aromatic carboxylic acids is 1. The van der Waals surface area contributed by atoms with Gasteiger partial charge in [0, 0.05) is 31.5 Å². The highest BCUT2D eigenvalue weighted by atomic mass is 35.5. The van der Waals surface area contributed by atoms with Gasteiger partial charge in [-0.25, -0.2) is 18.6 Å². The number of nitrogens with zero attached hydrogens (tertiary/aromatic N) is 2. The Bertz CT molecular complexity index is 766. The Morgan fingerprint density at radius 3 is 2.55 bits per heavy atom. The molecule has 0 aliphatic carbocycles. The monoisotopic (exact) mass is 327 g/mol. The topological polar surface area (TPSA) is 79.5 Å². The molecule has 1 aromatic heterocycles. The van der Waals surface area contributed by atoms with E-state index >= 15 is 0 Å². The number of benzene rings is 1. The fourth-order valence-corrected chi connectivity index (χ4v) is 2.47. The highest BCUT2D eigenvalue weighted by molar-refractivity contribution is 6.33. The number of carboxylic acids is 1. The van der Waals surface area contributed by atoms with Crippen LogP contribution < -0.4 is 10.6 Å². The van der Waals surface area contributed by atoms with E-state index < -0.39 is 28.9 Å². The summed E-state index contributed by atoms with van der Waals surface area (Å²) < 4.78 is 29.0. The van der Waals surface area contributed by atoms with Gasteiger partial charge < -0.3 is 15.7 Å². The van der Waals surface area contributed by atoms with Crippen molar-refractivity contribution in [2.45, 2.75) is 0 Å². The van der Waals surface area contributed by atoms with Gasteiger partial charge in [-0.3, -0.25) is 0 Å². The number of anilines is 2. The van der Waals surface area contributed by atoms with E-state index in [9.17, 15) is 13.6 Å². The molecule has 3 N–H and O–H groups in total. The van der Waals surface area contributed by atoms with Gasteiger partial charge in [0.15, 0.2) is 11.5 Å². The van der Waals surface area contributed by atoms with Gasteiger partial charge in [-0.1, -0.05) is 11.6 Å². The van der Waals surface area contributed by atoms with E-state index in [0.29, 0.717) is 0 Å². The Kier molecular flexibility index (Phi) is 4.18. The molecule has 0 aliphatic rings. The van der Waals surface area contributed by atoms with Crippen LogP contribution in [0.4, 0.5) is 20.2 Å². The number of nitrogen functional groups attached to an aromatic ring is 1. The third-order valence-electron chi connectivity index (χ3n) is 3.03. The van der Waals surface area contributed by atoms with E-state index in [-0.39, 0.29) is 22.0 Å². The zero-order valence-corrected chi connectivity index (χ0v) is 12.4. The Labute approximate surface area is 129 Å². The van der Waals surface area contributed by atoms with E-state index in [0.717, 1.165) is 12.3 Å². The molecule has 8 heteroatoms. The van der Waals surface area contributed by atoms with Crippen molar-refractivity contribution in [2.24, 2.45) is 0 Å². The first-order valence-corrected chi connectivity index (χ1v) is 6.46. The first kappa shape index (κ1) is 16.0. The highest BCUT2D eigenvalue weighted by Gasteiger charge is 2.26. The maximum absolute atomic E-state index is 14.7. The molecule has 0 bridgehead atoms. The van der Waals surface area contributed by atoms with Crippen molar-refractivity contribution in [1.82, 2.24) is 4.98 Å². The third kappa shape index (κ3) is 2.55. The molecular formula is C14H12ClF2N3O2. The van der Waals surface area contributed by atoms with Crippen molar-refractivity contribution in [1.29, 1.82) is 0 Å². The van der Waals surface area contributed by atoms with Gasteiger partial charge in [0.25, 0.3) is 0 Å². The van der Waals surface area contributed by atoms with Gasteiger partial charge >= 0.3 is 5.97 Å². The van der Waals surface area contributed by atoms with E-state index in [4.69, 9.17) is 22.4 Å². The standard InChI is InChI=1S/C14H12ClF2N3O2/c1-20(2)13-6(15)5-7(16)9(11(13)17)10-8(18)3-4-19-12(10)14(21)22/h3-5H,1-2H3,(H2,18,19)(H,21,22). The summed E-state index contributed by atoms with van der Waals surface area (Å²) in [5.41, 5.74) is 4.11. The molecule has 0 aliphatic heterocycles. The molecule has 1 heterocycles. The average molecular weight is 328 g/mol. The molecule has 116 valence electrons. The summed E-state index contributed by atoms with van der Waals surface area (Å²) in [6.45, 7) is 0. The fraction of sp³-hybridized carbons (Fsp3) is 0.143. The van der Waals surface area contributed by atoms with Crippen LogP contribution in [0.5, 0.6) is 0 Å². The quantitative estimate of drug-likeness (QED) is 0.906. The second-order valence-corrected chi connectivity index (χ2v) is 5.11. The van der Waals surface area contributed by atoms with E-state index in [1.807, 2.05) is 0 Å². The maximum Gasteiger partial charge on any atom is 0.355 e. The van der Waals surface area contributed by atoms with Gasteiger partial charge in [-0.2, -0.15) is 0 Å². The van der Waals surface area contributed by atoms with Gasteiger partial charge in [-0.05, 0) is 12.1 Å². The lowest BCUT2D eigenvalue weighted by molar-refractivity contribution is 0.0691. The summed E-state index contributed by atoms with van der Waals surface area (Å²) in [5, 5.41) is 9.03. The first-order valence-electron chi connectivity index (χ1n) is 6.08. The minimum atomic E-state index is -1.44. The molecule has 2 rings (SSSR count). The van der Waals surface area contributed by atoms with Crippen molar-refractivity contribution in [2.75, 3.05) is 24.7 Å². The zero-order valence-electron chi connectivity index (χ0n) is 11.7.